The van der Waals surface area contributed by atoms with Crippen LogP contribution in [-0.4, -0.2) is 24.0 Å². The third-order valence-corrected chi connectivity index (χ3v) is 7.84. The largest absolute Gasteiger partial charge is 0.483 e. The first kappa shape index (κ1) is 17.9. The fraction of sp³-hybridized carbons (Fsp3) is 0.278. The summed E-state index contributed by atoms with van der Waals surface area (Å²) in [6.45, 7) is 2.07. The van der Waals surface area contributed by atoms with Crippen molar-refractivity contribution in [2.24, 2.45) is 0 Å². The number of benzene rings is 2. The third-order valence-electron chi connectivity index (χ3n) is 3.61. The molecule has 2 aromatic carbocycles. The number of para-hydroxylation sites is 1. The van der Waals surface area contributed by atoms with Crippen LogP contribution >= 0.6 is 46.1 Å². The average Bonchev–Trinajstić information content (AvgIpc) is 3.11. The lowest BCUT2D eigenvalue weighted by Crippen LogP contribution is -2.20. The van der Waals surface area contributed by atoms with Crippen LogP contribution in [0.3, 0.4) is 0 Å². The van der Waals surface area contributed by atoms with Gasteiger partial charge < -0.3 is 10.1 Å². The van der Waals surface area contributed by atoms with Crippen molar-refractivity contribution in [3.63, 3.8) is 0 Å². The molecule has 0 saturated carbocycles. The van der Waals surface area contributed by atoms with Crippen LogP contribution in [-0.2, 0) is 4.79 Å². The number of hydrogen-bond donors (Lipinski definition) is 1. The van der Waals surface area contributed by atoms with Crippen molar-refractivity contribution in [3.05, 3.63) is 57.2 Å². The maximum atomic E-state index is 12.2. The van der Waals surface area contributed by atoms with Crippen LogP contribution in [0.15, 0.2) is 42.5 Å². The Morgan fingerprint density at radius 1 is 1.25 bits per heavy atom. The van der Waals surface area contributed by atoms with E-state index in [9.17, 15) is 4.79 Å². The van der Waals surface area contributed by atoms with E-state index in [0.717, 1.165) is 26.5 Å². The monoisotopic (exact) mass is 471 g/mol. The normalized spacial score (nSPS) is 14.6. The molecular formula is C18H18INO2S2. The molecule has 0 spiro atoms. The first-order chi connectivity index (χ1) is 11.6. The minimum absolute atomic E-state index is 0.0174. The zero-order chi connectivity index (χ0) is 16.9. The SMILES string of the molecule is Cc1ccc(NC(=O)COc2ccccc2C2SCCS2)cc1I. The number of aryl methyl sites for hydroxylation is 1. The standard InChI is InChI=1S/C18H18INO2S2/c1-12-6-7-13(10-15(12)19)20-17(21)11-22-16-5-3-2-4-14(16)18-23-8-9-24-18/h2-7,10,18H,8-9,11H2,1H3,(H,20,21). The number of thioether (sulfide) groups is 2. The van der Waals surface area contributed by atoms with Gasteiger partial charge in [-0.1, -0.05) is 24.3 Å². The van der Waals surface area contributed by atoms with Gasteiger partial charge in [-0.2, -0.15) is 0 Å². The summed E-state index contributed by atoms with van der Waals surface area (Å²) in [6.07, 6.45) is 0. The second kappa shape index (κ2) is 8.49. The molecule has 1 N–H and O–H groups in total. The van der Waals surface area contributed by atoms with Crippen molar-refractivity contribution < 1.29 is 9.53 Å². The Hall–Kier alpha value is -0.860. The summed E-state index contributed by atoms with van der Waals surface area (Å²) in [5.74, 6) is 2.99. The number of nitrogens with one attached hydrogen (secondary N) is 1. The lowest BCUT2D eigenvalue weighted by Gasteiger charge is -2.15. The Kier molecular flexibility index (Phi) is 6.35. The van der Waals surface area contributed by atoms with Crippen molar-refractivity contribution in [1.82, 2.24) is 0 Å². The van der Waals surface area contributed by atoms with E-state index in [0.29, 0.717) is 4.58 Å². The molecule has 1 saturated heterocycles. The summed E-state index contributed by atoms with van der Waals surface area (Å²) >= 11 is 6.13. The van der Waals surface area contributed by atoms with E-state index in [4.69, 9.17) is 4.74 Å². The van der Waals surface area contributed by atoms with Gasteiger partial charge in [-0.05, 0) is 53.3 Å². The number of halogens is 1. The van der Waals surface area contributed by atoms with Crippen LogP contribution < -0.4 is 10.1 Å². The van der Waals surface area contributed by atoms with Crippen LogP contribution in [0.2, 0.25) is 0 Å². The van der Waals surface area contributed by atoms with E-state index in [1.54, 1.807) is 0 Å². The molecule has 1 heterocycles. The molecule has 6 heteroatoms. The predicted molar refractivity (Wildman–Crippen MR) is 112 cm³/mol. The molecule has 0 aromatic heterocycles. The average molecular weight is 471 g/mol. The van der Waals surface area contributed by atoms with E-state index in [1.807, 2.05) is 66.8 Å². The summed E-state index contributed by atoms with van der Waals surface area (Å²) in [7, 11) is 0. The summed E-state index contributed by atoms with van der Waals surface area (Å²) in [4.78, 5) is 12.2. The fourth-order valence-corrected chi connectivity index (χ4v) is 5.78. The van der Waals surface area contributed by atoms with Gasteiger partial charge in [0.15, 0.2) is 6.61 Å². The Bertz CT molecular complexity index is 733. The Morgan fingerprint density at radius 2 is 2.00 bits per heavy atom. The highest BCUT2D eigenvalue weighted by molar-refractivity contribution is 14.1. The first-order valence-electron chi connectivity index (χ1n) is 7.64. The molecule has 1 fully saturated rings. The predicted octanol–water partition coefficient (Wildman–Crippen LogP) is 5.10. The smallest absolute Gasteiger partial charge is 0.262 e. The van der Waals surface area contributed by atoms with Crippen LogP contribution in [0.4, 0.5) is 5.69 Å². The van der Waals surface area contributed by atoms with Crippen LogP contribution in [0.1, 0.15) is 15.7 Å². The minimum Gasteiger partial charge on any atom is -0.483 e. The van der Waals surface area contributed by atoms with Crippen molar-refractivity contribution in [2.45, 2.75) is 11.5 Å². The van der Waals surface area contributed by atoms with Gasteiger partial charge in [-0.15, -0.1) is 23.5 Å². The second-order valence-corrected chi connectivity index (χ2v) is 9.30. The number of carbonyl (C=O) groups is 1. The molecule has 2 aromatic rings. The Balaban J connectivity index is 1.61. The lowest BCUT2D eigenvalue weighted by atomic mass is 10.2. The fourth-order valence-electron chi connectivity index (χ4n) is 2.36. The molecule has 3 rings (SSSR count). The van der Waals surface area contributed by atoms with Gasteiger partial charge in [0.2, 0.25) is 0 Å². The van der Waals surface area contributed by atoms with Crippen molar-refractivity contribution in [1.29, 1.82) is 0 Å². The highest BCUT2D eigenvalue weighted by Crippen LogP contribution is 2.48. The van der Waals surface area contributed by atoms with Crippen LogP contribution in [0.25, 0.3) is 0 Å². The Labute approximate surface area is 164 Å². The van der Waals surface area contributed by atoms with Crippen LogP contribution in [0.5, 0.6) is 5.75 Å². The van der Waals surface area contributed by atoms with Gasteiger partial charge in [0.05, 0.1) is 4.58 Å². The first-order valence-corrected chi connectivity index (χ1v) is 10.8. The molecule has 0 unspecified atom stereocenters. The molecule has 126 valence electrons. The quantitative estimate of drug-likeness (QED) is 0.617. The molecule has 0 atom stereocenters. The molecule has 1 aliphatic heterocycles. The zero-order valence-electron chi connectivity index (χ0n) is 13.3. The lowest BCUT2D eigenvalue weighted by molar-refractivity contribution is -0.118. The van der Waals surface area contributed by atoms with Gasteiger partial charge in [-0.3, -0.25) is 4.79 Å². The van der Waals surface area contributed by atoms with Gasteiger partial charge >= 0.3 is 0 Å². The van der Waals surface area contributed by atoms with Gasteiger partial charge in [0, 0.05) is 26.3 Å². The highest BCUT2D eigenvalue weighted by Gasteiger charge is 2.21. The van der Waals surface area contributed by atoms with Crippen molar-refractivity contribution in [3.8, 4) is 5.75 Å². The maximum Gasteiger partial charge on any atom is 0.262 e. The highest BCUT2D eigenvalue weighted by atomic mass is 127. The number of carbonyl (C=O) groups excluding carboxylic acids is 1. The summed E-state index contributed by atoms with van der Waals surface area (Å²) in [5.41, 5.74) is 3.17. The molecule has 1 aliphatic rings. The number of hydrogen-bond acceptors (Lipinski definition) is 4. The number of anilines is 1. The van der Waals surface area contributed by atoms with Crippen LogP contribution in [0, 0.1) is 10.5 Å². The minimum atomic E-state index is -0.142. The van der Waals surface area contributed by atoms with E-state index in [1.165, 1.54) is 11.1 Å². The molecule has 24 heavy (non-hydrogen) atoms. The molecular weight excluding hydrogens is 453 g/mol. The molecule has 0 bridgehead atoms. The zero-order valence-corrected chi connectivity index (χ0v) is 17.0. The summed E-state index contributed by atoms with van der Waals surface area (Å²) in [5, 5.41) is 2.89. The topological polar surface area (TPSA) is 38.3 Å². The number of amides is 1. The molecule has 3 nitrogen and oxygen atoms in total. The molecule has 0 radical (unpaired) electrons. The van der Waals surface area contributed by atoms with Crippen molar-refractivity contribution in [2.75, 3.05) is 23.4 Å². The maximum absolute atomic E-state index is 12.2. The van der Waals surface area contributed by atoms with Gasteiger partial charge in [-0.25, -0.2) is 0 Å². The van der Waals surface area contributed by atoms with E-state index < -0.39 is 0 Å². The van der Waals surface area contributed by atoms with Gasteiger partial charge in [0.25, 0.3) is 5.91 Å². The van der Waals surface area contributed by atoms with E-state index >= 15 is 0 Å². The molecule has 1 amide bonds. The number of ether oxygens (including phenoxy) is 1. The van der Waals surface area contributed by atoms with Gasteiger partial charge in [0.1, 0.15) is 5.75 Å². The summed E-state index contributed by atoms with van der Waals surface area (Å²) < 4.78 is 7.33. The van der Waals surface area contributed by atoms with E-state index in [-0.39, 0.29) is 12.5 Å². The van der Waals surface area contributed by atoms with E-state index in [2.05, 4.69) is 34.0 Å². The number of rotatable bonds is 5. The second-order valence-electron chi connectivity index (χ2n) is 5.41. The third kappa shape index (κ3) is 4.61. The molecule has 0 aliphatic carbocycles. The van der Waals surface area contributed by atoms with Crippen molar-refractivity contribution >= 4 is 57.7 Å². The summed E-state index contributed by atoms with van der Waals surface area (Å²) in [6, 6.07) is 13.9. The Morgan fingerprint density at radius 3 is 2.75 bits per heavy atom.